The van der Waals surface area contributed by atoms with Gasteiger partial charge in [0.1, 0.15) is 11.6 Å². The van der Waals surface area contributed by atoms with E-state index in [0.717, 1.165) is 11.4 Å². The van der Waals surface area contributed by atoms with Crippen molar-refractivity contribution in [1.82, 2.24) is 14.5 Å². The smallest absolute Gasteiger partial charge is 0.360 e. The monoisotopic (exact) mass is 260 g/mol. The van der Waals surface area contributed by atoms with Crippen molar-refractivity contribution in [3.8, 4) is 0 Å². The maximum Gasteiger partial charge on any atom is 0.360 e. The van der Waals surface area contributed by atoms with E-state index >= 15 is 0 Å². The summed E-state index contributed by atoms with van der Waals surface area (Å²) in [6.07, 6.45) is 4.12. The summed E-state index contributed by atoms with van der Waals surface area (Å²) in [6.45, 7) is 2.52. The standard InChI is InChI=1S/C13H16N4O2/c1-3-10-16-11(13(18)19-2)12(14)17(10)8-9-4-6-15-7-5-9/h4-7H,3,8,14H2,1-2H3. The first-order chi connectivity index (χ1) is 9.17. The lowest BCUT2D eigenvalue weighted by atomic mass is 10.2. The van der Waals surface area contributed by atoms with Crippen LogP contribution in [0.1, 0.15) is 28.8 Å². The van der Waals surface area contributed by atoms with Crippen LogP contribution in [0.5, 0.6) is 0 Å². The van der Waals surface area contributed by atoms with Crippen LogP contribution in [0.4, 0.5) is 5.82 Å². The van der Waals surface area contributed by atoms with Gasteiger partial charge in [0.2, 0.25) is 0 Å². The van der Waals surface area contributed by atoms with Gasteiger partial charge in [-0.05, 0) is 17.7 Å². The van der Waals surface area contributed by atoms with Gasteiger partial charge in [0.05, 0.1) is 13.7 Å². The minimum absolute atomic E-state index is 0.174. The molecule has 19 heavy (non-hydrogen) atoms. The predicted molar refractivity (Wildman–Crippen MR) is 70.7 cm³/mol. The van der Waals surface area contributed by atoms with Crippen molar-refractivity contribution >= 4 is 11.8 Å². The van der Waals surface area contributed by atoms with Crippen molar-refractivity contribution in [2.45, 2.75) is 19.9 Å². The molecule has 6 heteroatoms. The summed E-state index contributed by atoms with van der Waals surface area (Å²) in [5.41, 5.74) is 7.21. The number of hydrogen-bond donors (Lipinski definition) is 1. The lowest BCUT2D eigenvalue weighted by Crippen LogP contribution is -2.10. The number of methoxy groups -OCH3 is 1. The number of aryl methyl sites for hydroxylation is 1. The molecule has 2 N–H and O–H groups in total. The zero-order chi connectivity index (χ0) is 13.8. The molecule has 0 saturated carbocycles. The highest BCUT2D eigenvalue weighted by atomic mass is 16.5. The van der Waals surface area contributed by atoms with E-state index in [-0.39, 0.29) is 5.69 Å². The van der Waals surface area contributed by atoms with E-state index in [1.807, 2.05) is 23.6 Å². The zero-order valence-electron chi connectivity index (χ0n) is 11.0. The molecule has 0 radical (unpaired) electrons. The highest BCUT2D eigenvalue weighted by Crippen LogP contribution is 2.18. The molecule has 0 spiro atoms. The molecule has 0 aliphatic carbocycles. The fourth-order valence-corrected chi connectivity index (χ4v) is 1.88. The third-order valence-corrected chi connectivity index (χ3v) is 2.87. The zero-order valence-corrected chi connectivity index (χ0v) is 11.0. The van der Waals surface area contributed by atoms with Gasteiger partial charge in [0, 0.05) is 18.8 Å². The Bertz CT molecular complexity index is 578. The van der Waals surface area contributed by atoms with Gasteiger partial charge in [0.15, 0.2) is 5.69 Å². The number of carbonyl (C=O) groups is 1. The molecule has 0 amide bonds. The first-order valence-electron chi connectivity index (χ1n) is 5.99. The molecule has 2 aromatic heterocycles. The SMILES string of the molecule is CCc1nc(C(=O)OC)c(N)n1Cc1ccncc1. The number of hydrogen-bond acceptors (Lipinski definition) is 5. The first-order valence-corrected chi connectivity index (χ1v) is 5.99. The summed E-state index contributed by atoms with van der Waals surface area (Å²) in [6, 6.07) is 3.80. The van der Waals surface area contributed by atoms with Crippen LogP contribution in [0.2, 0.25) is 0 Å². The van der Waals surface area contributed by atoms with Crippen molar-refractivity contribution in [3.63, 3.8) is 0 Å². The number of nitrogens with two attached hydrogens (primary N) is 1. The third-order valence-electron chi connectivity index (χ3n) is 2.87. The second-order valence-corrected chi connectivity index (χ2v) is 4.05. The fraction of sp³-hybridized carbons (Fsp3) is 0.308. The van der Waals surface area contributed by atoms with Gasteiger partial charge in [-0.2, -0.15) is 0 Å². The predicted octanol–water partition coefficient (Wildman–Crippen LogP) is 1.26. The normalized spacial score (nSPS) is 10.4. The Kier molecular flexibility index (Phi) is 3.79. The van der Waals surface area contributed by atoms with Gasteiger partial charge in [-0.15, -0.1) is 0 Å². The molecule has 0 saturated heterocycles. The number of nitrogens with zero attached hydrogens (tertiary/aromatic N) is 3. The van der Waals surface area contributed by atoms with Gasteiger partial charge in [-0.1, -0.05) is 6.92 Å². The number of ether oxygens (including phenoxy) is 1. The van der Waals surface area contributed by atoms with E-state index in [1.54, 1.807) is 12.4 Å². The highest BCUT2D eigenvalue weighted by Gasteiger charge is 2.20. The van der Waals surface area contributed by atoms with Crippen LogP contribution < -0.4 is 5.73 Å². The average molecular weight is 260 g/mol. The number of anilines is 1. The van der Waals surface area contributed by atoms with Crippen LogP contribution in [-0.4, -0.2) is 27.6 Å². The molecule has 0 bridgehead atoms. The molecule has 0 aliphatic heterocycles. The maximum absolute atomic E-state index is 11.6. The summed E-state index contributed by atoms with van der Waals surface area (Å²) in [7, 11) is 1.31. The topological polar surface area (TPSA) is 83.0 Å². The number of rotatable bonds is 4. The number of esters is 1. The molecular weight excluding hydrogens is 244 g/mol. The van der Waals surface area contributed by atoms with E-state index < -0.39 is 5.97 Å². The van der Waals surface area contributed by atoms with E-state index in [1.165, 1.54) is 7.11 Å². The summed E-state index contributed by atoms with van der Waals surface area (Å²) >= 11 is 0. The molecule has 0 aliphatic rings. The number of aromatic nitrogens is 3. The van der Waals surface area contributed by atoms with Crippen molar-refractivity contribution in [3.05, 3.63) is 41.6 Å². The Labute approximate surface area is 111 Å². The number of imidazole rings is 1. The van der Waals surface area contributed by atoms with Crippen LogP contribution in [0.15, 0.2) is 24.5 Å². The number of nitrogen functional groups attached to an aromatic ring is 1. The number of pyridine rings is 1. The van der Waals surface area contributed by atoms with Gasteiger partial charge in [-0.25, -0.2) is 9.78 Å². The molecule has 0 aromatic carbocycles. The summed E-state index contributed by atoms with van der Waals surface area (Å²) in [5.74, 6) is 0.580. The molecule has 2 heterocycles. The van der Waals surface area contributed by atoms with Crippen LogP contribution in [0.25, 0.3) is 0 Å². The summed E-state index contributed by atoms with van der Waals surface area (Å²) in [5, 5.41) is 0. The van der Waals surface area contributed by atoms with E-state index in [4.69, 9.17) is 5.73 Å². The molecule has 0 atom stereocenters. The molecule has 100 valence electrons. The lowest BCUT2D eigenvalue weighted by molar-refractivity contribution is 0.0595. The van der Waals surface area contributed by atoms with Crippen molar-refractivity contribution in [2.24, 2.45) is 0 Å². The molecule has 0 fully saturated rings. The van der Waals surface area contributed by atoms with Crippen molar-refractivity contribution in [1.29, 1.82) is 0 Å². The second-order valence-electron chi connectivity index (χ2n) is 4.05. The minimum Gasteiger partial charge on any atom is -0.464 e. The third kappa shape index (κ3) is 2.57. The van der Waals surface area contributed by atoms with Crippen LogP contribution in [0.3, 0.4) is 0 Å². The van der Waals surface area contributed by atoms with Crippen LogP contribution in [-0.2, 0) is 17.7 Å². The number of carbonyl (C=O) groups excluding carboxylic acids is 1. The Morgan fingerprint density at radius 2 is 2.11 bits per heavy atom. The second kappa shape index (κ2) is 5.51. The minimum atomic E-state index is -0.513. The largest absolute Gasteiger partial charge is 0.464 e. The quantitative estimate of drug-likeness (QED) is 0.837. The van der Waals surface area contributed by atoms with Crippen molar-refractivity contribution < 1.29 is 9.53 Å². The Morgan fingerprint density at radius 3 is 2.68 bits per heavy atom. The van der Waals surface area contributed by atoms with Gasteiger partial charge >= 0.3 is 5.97 Å². The van der Waals surface area contributed by atoms with Gasteiger partial charge in [-0.3, -0.25) is 4.98 Å². The average Bonchev–Trinajstić information content (AvgIpc) is 2.76. The lowest BCUT2D eigenvalue weighted by Gasteiger charge is -2.08. The van der Waals surface area contributed by atoms with Crippen LogP contribution in [0, 0.1) is 0 Å². The molecule has 2 aromatic rings. The molecule has 0 unspecified atom stereocenters. The van der Waals surface area contributed by atoms with Gasteiger partial charge < -0.3 is 15.0 Å². The Morgan fingerprint density at radius 1 is 1.42 bits per heavy atom. The van der Waals surface area contributed by atoms with E-state index in [9.17, 15) is 4.79 Å². The Balaban J connectivity index is 2.39. The van der Waals surface area contributed by atoms with Gasteiger partial charge in [0.25, 0.3) is 0 Å². The summed E-state index contributed by atoms with van der Waals surface area (Å²) < 4.78 is 6.50. The fourth-order valence-electron chi connectivity index (χ4n) is 1.88. The van der Waals surface area contributed by atoms with Crippen LogP contribution >= 0.6 is 0 Å². The highest BCUT2D eigenvalue weighted by molar-refractivity contribution is 5.92. The Hall–Kier alpha value is -2.37. The molecular formula is C13H16N4O2. The maximum atomic E-state index is 11.6. The first kappa shape index (κ1) is 13.1. The van der Waals surface area contributed by atoms with E-state index in [0.29, 0.717) is 18.8 Å². The van der Waals surface area contributed by atoms with E-state index in [2.05, 4.69) is 14.7 Å². The molecule has 6 nitrogen and oxygen atoms in total. The van der Waals surface area contributed by atoms with Crippen molar-refractivity contribution in [2.75, 3.05) is 12.8 Å². The summed E-state index contributed by atoms with van der Waals surface area (Å²) in [4.78, 5) is 19.8. The molecule has 2 rings (SSSR count).